The van der Waals surface area contributed by atoms with Gasteiger partial charge in [0, 0.05) is 13.5 Å². The molecule has 0 aromatic heterocycles. The Hall–Kier alpha value is -0.420. The molecule has 1 atom stereocenters. The first kappa shape index (κ1) is 12.6. The summed E-state index contributed by atoms with van der Waals surface area (Å²) in [4.78, 5) is 0. The van der Waals surface area contributed by atoms with E-state index in [1.165, 1.54) is 0 Å². The predicted molar refractivity (Wildman–Crippen MR) is 56.5 cm³/mol. The van der Waals surface area contributed by atoms with Crippen molar-refractivity contribution in [1.29, 1.82) is 0 Å². The van der Waals surface area contributed by atoms with Crippen molar-refractivity contribution in [3.8, 4) is 0 Å². The normalized spacial score (nSPS) is 21.5. The summed E-state index contributed by atoms with van der Waals surface area (Å²) in [6.45, 7) is 7.31. The number of hydrogen-bond acceptors (Lipinski definition) is 4. The van der Waals surface area contributed by atoms with Gasteiger partial charge in [-0.25, -0.2) is 0 Å². The molecule has 1 saturated heterocycles. The molecule has 88 valence electrons. The highest BCUT2D eigenvalue weighted by molar-refractivity contribution is 4.82. The Morgan fingerprint density at radius 2 is 2.13 bits per heavy atom. The first-order valence-corrected chi connectivity index (χ1v) is 5.21. The van der Waals surface area contributed by atoms with Gasteiger partial charge in [-0.15, -0.1) is 6.58 Å². The van der Waals surface area contributed by atoms with Gasteiger partial charge >= 0.3 is 0 Å². The highest BCUT2D eigenvalue weighted by Gasteiger charge is 2.31. The van der Waals surface area contributed by atoms with Crippen LogP contribution in [0.5, 0.6) is 0 Å². The standard InChI is InChI=1S/C11H20O4/c1-4-10(13-9-12-3)5-6-11(2)14-7-8-15-11/h4,10H,1,5-9H2,2-3H3. The fourth-order valence-electron chi connectivity index (χ4n) is 1.53. The highest BCUT2D eigenvalue weighted by Crippen LogP contribution is 2.25. The second-order valence-corrected chi connectivity index (χ2v) is 3.72. The molecule has 4 heteroatoms. The molecule has 0 aromatic rings. The van der Waals surface area contributed by atoms with Gasteiger partial charge in [-0.05, 0) is 13.3 Å². The molecule has 4 nitrogen and oxygen atoms in total. The van der Waals surface area contributed by atoms with Gasteiger partial charge in [0.15, 0.2) is 5.79 Å². The van der Waals surface area contributed by atoms with Gasteiger partial charge in [-0.2, -0.15) is 0 Å². The molecule has 0 aliphatic carbocycles. The van der Waals surface area contributed by atoms with Crippen LogP contribution in [0, 0.1) is 0 Å². The summed E-state index contributed by atoms with van der Waals surface area (Å²) < 4.78 is 21.2. The van der Waals surface area contributed by atoms with Gasteiger partial charge in [0.2, 0.25) is 0 Å². The number of hydrogen-bond donors (Lipinski definition) is 0. The Bertz CT molecular complexity index is 187. The maximum atomic E-state index is 5.50. The van der Waals surface area contributed by atoms with Gasteiger partial charge in [-0.1, -0.05) is 6.08 Å². The van der Waals surface area contributed by atoms with Crippen LogP contribution in [0.15, 0.2) is 12.7 Å². The van der Waals surface area contributed by atoms with Gasteiger partial charge < -0.3 is 18.9 Å². The first-order valence-electron chi connectivity index (χ1n) is 5.21. The summed E-state index contributed by atoms with van der Waals surface area (Å²) in [6.07, 6.45) is 3.39. The second-order valence-electron chi connectivity index (χ2n) is 3.72. The van der Waals surface area contributed by atoms with E-state index in [4.69, 9.17) is 18.9 Å². The van der Waals surface area contributed by atoms with E-state index in [2.05, 4.69) is 6.58 Å². The average molecular weight is 216 g/mol. The maximum absolute atomic E-state index is 5.50. The molecule has 1 rings (SSSR count). The van der Waals surface area contributed by atoms with Gasteiger partial charge in [0.1, 0.15) is 6.79 Å². The lowest BCUT2D eigenvalue weighted by Gasteiger charge is -2.24. The topological polar surface area (TPSA) is 36.9 Å². The largest absolute Gasteiger partial charge is 0.359 e. The molecule has 1 heterocycles. The van der Waals surface area contributed by atoms with Crippen LogP contribution in [0.4, 0.5) is 0 Å². The number of rotatable bonds is 7. The zero-order valence-electron chi connectivity index (χ0n) is 9.53. The summed E-state index contributed by atoms with van der Waals surface area (Å²) >= 11 is 0. The fraction of sp³-hybridized carbons (Fsp3) is 0.818. The third-order valence-electron chi connectivity index (χ3n) is 2.44. The van der Waals surface area contributed by atoms with Crippen molar-refractivity contribution < 1.29 is 18.9 Å². The lowest BCUT2D eigenvalue weighted by atomic mass is 10.1. The summed E-state index contributed by atoms with van der Waals surface area (Å²) in [6, 6.07) is 0. The molecule has 0 aromatic carbocycles. The van der Waals surface area contributed by atoms with E-state index < -0.39 is 5.79 Å². The Labute approximate surface area is 91.1 Å². The fourth-order valence-corrected chi connectivity index (χ4v) is 1.53. The van der Waals surface area contributed by atoms with E-state index in [9.17, 15) is 0 Å². The Morgan fingerprint density at radius 3 is 2.67 bits per heavy atom. The van der Waals surface area contributed by atoms with Crippen molar-refractivity contribution in [2.75, 3.05) is 27.1 Å². The van der Waals surface area contributed by atoms with Crippen molar-refractivity contribution in [1.82, 2.24) is 0 Å². The van der Waals surface area contributed by atoms with Crippen LogP contribution in [-0.2, 0) is 18.9 Å². The summed E-state index contributed by atoms with van der Waals surface area (Å²) in [5.41, 5.74) is 0. The van der Waals surface area contributed by atoms with E-state index >= 15 is 0 Å². The lowest BCUT2D eigenvalue weighted by molar-refractivity contribution is -0.154. The van der Waals surface area contributed by atoms with Crippen LogP contribution in [0.2, 0.25) is 0 Å². The highest BCUT2D eigenvalue weighted by atomic mass is 16.7. The van der Waals surface area contributed by atoms with Crippen molar-refractivity contribution in [3.63, 3.8) is 0 Å². The molecule has 0 amide bonds. The molecule has 15 heavy (non-hydrogen) atoms. The third-order valence-corrected chi connectivity index (χ3v) is 2.44. The van der Waals surface area contributed by atoms with Crippen molar-refractivity contribution >= 4 is 0 Å². The van der Waals surface area contributed by atoms with Crippen molar-refractivity contribution in [2.45, 2.75) is 31.7 Å². The van der Waals surface area contributed by atoms with Crippen LogP contribution < -0.4 is 0 Å². The van der Waals surface area contributed by atoms with Gasteiger partial charge in [0.05, 0.1) is 19.3 Å². The summed E-state index contributed by atoms with van der Waals surface area (Å²) in [5, 5.41) is 0. The third kappa shape index (κ3) is 4.30. The lowest BCUT2D eigenvalue weighted by Crippen LogP contribution is -2.27. The minimum Gasteiger partial charge on any atom is -0.359 e. The first-order chi connectivity index (χ1) is 7.20. The minimum atomic E-state index is -0.447. The van der Waals surface area contributed by atoms with Crippen molar-refractivity contribution in [2.24, 2.45) is 0 Å². The smallest absolute Gasteiger partial charge is 0.165 e. The molecule has 0 saturated carbocycles. The van der Waals surface area contributed by atoms with E-state index in [1.807, 2.05) is 6.92 Å². The molecule has 0 radical (unpaired) electrons. The Morgan fingerprint density at radius 1 is 1.47 bits per heavy atom. The number of ether oxygens (including phenoxy) is 4. The molecule has 0 spiro atoms. The summed E-state index contributed by atoms with van der Waals surface area (Å²) in [5.74, 6) is -0.447. The second kappa shape index (κ2) is 6.23. The molecule has 0 bridgehead atoms. The van der Waals surface area contributed by atoms with Crippen LogP contribution in [-0.4, -0.2) is 39.0 Å². The molecular weight excluding hydrogens is 196 g/mol. The van der Waals surface area contributed by atoms with Gasteiger partial charge in [0.25, 0.3) is 0 Å². The zero-order chi connectivity index (χ0) is 11.1. The maximum Gasteiger partial charge on any atom is 0.165 e. The molecular formula is C11H20O4. The molecule has 1 aliphatic rings. The minimum absolute atomic E-state index is 0.00502. The van der Waals surface area contributed by atoms with Crippen LogP contribution in [0.25, 0.3) is 0 Å². The van der Waals surface area contributed by atoms with E-state index in [-0.39, 0.29) is 12.9 Å². The van der Waals surface area contributed by atoms with Crippen LogP contribution >= 0.6 is 0 Å². The molecule has 1 fully saturated rings. The monoisotopic (exact) mass is 216 g/mol. The molecule has 1 unspecified atom stereocenters. The zero-order valence-corrected chi connectivity index (χ0v) is 9.53. The quantitative estimate of drug-likeness (QED) is 0.479. The Kier molecular flexibility index (Phi) is 5.25. The van der Waals surface area contributed by atoms with Gasteiger partial charge in [-0.3, -0.25) is 0 Å². The Balaban J connectivity index is 2.23. The van der Waals surface area contributed by atoms with Crippen molar-refractivity contribution in [3.05, 3.63) is 12.7 Å². The van der Waals surface area contributed by atoms with E-state index in [0.29, 0.717) is 13.2 Å². The van der Waals surface area contributed by atoms with E-state index in [0.717, 1.165) is 12.8 Å². The summed E-state index contributed by atoms with van der Waals surface area (Å²) in [7, 11) is 1.60. The van der Waals surface area contributed by atoms with Crippen LogP contribution in [0.1, 0.15) is 19.8 Å². The van der Waals surface area contributed by atoms with Crippen LogP contribution in [0.3, 0.4) is 0 Å². The molecule has 0 N–H and O–H groups in total. The average Bonchev–Trinajstić information content (AvgIpc) is 2.66. The number of methoxy groups -OCH3 is 1. The van der Waals surface area contributed by atoms with E-state index in [1.54, 1.807) is 13.2 Å². The predicted octanol–water partition coefficient (Wildman–Crippen LogP) is 1.70. The SMILES string of the molecule is C=CC(CCC1(C)OCCO1)OCOC. The molecule has 1 aliphatic heterocycles.